The van der Waals surface area contributed by atoms with Crippen molar-refractivity contribution in [1.82, 2.24) is 4.98 Å². The zero-order valence-corrected chi connectivity index (χ0v) is 26.1. The molecule has 5 aromatic rings. The molecule has 0 radical (unpaired) electrons. The van der Waals surface area contributed by atoms with Crippen LogP contribution in [0.25, 0.3) is 11.3 Å². The number of benzene rings is 4. The van der Waals surface area contributed by atoms with E-state index in [-0.39, 0.29) is 39.1 Å². The van der Waals surface area contributed by atoms with Crippen molar-refractivity contribution in [2.75, 3.05) is 16.8 Å². The van der Waals surface area contributed by atoms with Gasteiger partial charge in [0.05, 0.1) is 44.0 Å². The Morgan fingerprint density at radius 2 is 1.40 bits per heavy atom. The molecule has 2 heterocycles. The molecule has 17 heteroatoms. The summed E-state index contributed by atoms with van der Waals surface area (Å²) in [4.78, 5) is 67.6. The van der Waals surface area contributed by atoms with E-state index >= 15 is 0 Å². The summed E-state index contributed by atoms with van der Waals surface area (Å²) in [6.07, 6.45) is 0. The standard InChI is InChI=1S/C31H20N6O9S2/c1-2-46-30(39)28-26(17-11-13-19(14-12-17)35(40)41)32-31(48-28)33-27-22(36(42)43)15-18(16-23(27)37(44)45)29(38)34-20-7-3-5-9-24(20)47-25-10-6-4-8-21(25)34/h3-16H,2H2,1H3,(H,32,33). The van der Waals surface area contributed by atoms with Crippen LogP contribution in [-0.4, -0.2) is 38.2 Å². The van der Waals surface area contributed by atoms with Crippen molar-refractivity contribution in [2.24, 2.45) is 0 Å². The van der Waals surface area contributed by atoms with Crippen LogP contribution in [0.15, 0.2) is 94.7 Å². The van der Waals surface area contributed by atoms with E-state index < -0.39 is 43.7 Å². The van der Waals surface area contributed by atoms with E-state index in [0.29, 0.717) is 22.7 Å². The third-order valence-electron chi connectivity index (χ3n) is 7.04. The van der Waals surface area contributed by atoms with Crippen LogP contribution >= 0.6 is 23.1 Å². The third-order valence-corrected chi connectivity index (χ3v) is 9.12. The van der Waals surface area contributed by atoms with Crippen molar-refractivity contribution in [2.45, 2.75) is 16.7 Å². The van der Waals surface area contributed by atoms with E-state index in [1.165, 1.54) is 40.9 Å². The third kappa shape index (κ3) is 5.90. The van der Waals surface area contributed by atoms with E-state index in [2.05, 4.69) is 10.3 Å². The van der Waals surface area contributed by atoms with Gasteiger partial charge in [-0.1, -0.05) is 47.4 Å². The highest BCUT2D eigenvalue weighted by Crippen LogP contribution is 2.49. The Balaban J connectivity index is 1.45. The van der Waals surface area contributed by atoms with Crippen molar-refractivity contribution < 1.29 is 29.1 Å². The molecule has 1 N–H and O–H groups in total. The quantitative estimate of drug-likeness (QED) is 0.0895. The minimum atomic E-state index is -0.864. The maximum Gasteiger partial charge on any atom is 0.350 e. The minimum Gasteiger partial charge on any atom is -0.462 e. The van der Waals surface area contributed by atoms with Crippen molar-refractivity contribution in [1.29, 1.82) is 0 Å². The molecule has 0 aliphatic carbocycles. The SMILES string of the molecule is CCOC(=O)c1sc(Nc2c([N+](=O)[O-])cc(C(=O)N3c4ccccc4Sc4ccccc43)cc2[N+](=O)[O-])nc1-c1ccc([N+](=O)[O-])cc1. The Hall–Kier alpha value is -6.20. The molecule has 0 saturated heterocycles. The van der Waals surface area contributed by atoms with Crippen LogP contribution in [0, 0.1) is 30.3 Å². The lowest BCUT2D eigenvalue weighted by atomic mass is 10.1. The number of ether oxygens (including phenoxy) is 1. The fraction of sp³-hybridized carbons (Fsp3) is 0.0645. The number of thiazole rings is 1. The van der Waals surface area contributed by atoms with Gasteiger partial charge < -0.3 is 10.1 Å². The number of hydrogen-bond donors (Lipinski definition) is 1. The number of nitrogens with one attached hydrogen (secondary N) is 1. The summed E-state index contributed by atoms with van der Waals surface area (Å²) in [7, 11) is 0. The number of anilines is 4. The molecule has 0 fully saturated rings. The smallest absolute Gasteiger partial charge is 0.350 e. The number of hydrogen-bond acceptors (Lipinski definition) is 13. The second-order valence-corrected chi connectivity index (χ2v) is 12.0. The van der Waals surface area contributed by atoms with Gasteiger partial charge in [0.25, 0.3) is 11.6 Å². The van der Waals surface area contributed by atoms with Gasteiger partial charge in [0.15, 0.2) is 10.8 Å². The lowest BCUT2D eigenvalue weighted by Gasteiger charge is -2.31. The summed E-state index contributed by atoms with van der Waals surface area (Å²) < 4.78 is 5.12. The van der Waals surface area contributed by atoms with E-state index in [4.69, 9.17) is 4.74 Å². The molecule has 0 bridgehead atoms. The number of carbonyl (C=O) groups excluding carboxylic acids is 2. The molecule has 0 unspecified atom stereocenters. The van der Waals surface area contributed by atoms with Crippen LogP contribution in [0.1, 0.15) is 27.0 Å². The van der Waals surface area contributed by atoms with Crippen LogP contribution in [-0.2, 0) is 4.74 Å². The second-order valence-electron chi connectivity index (χ2n) is 9.93. The number of nitro groups is 3. The lowest BCUT2D eigenvalue weighted by molar-refractivity contribution is -0.392. The molecule has 1 aromatic heterocycles. The summed E-state index contributed by atoms with van der Waals surface area (Å²) in [5.74, 6) is -1.52. The number of amides is 1. The Labute approximate surface area is 278 Å². The summed E-state index contributed by atoms with van der Waals surface area (Å²) in [5.41, 5.74) is -1.33. The fourth-order valence-electron chi connectivity index (χ4n) is 4.96. The van der Waals surface area contributed by atoms with Gasteiger partial charge in [0, 0.05) is 39.6 Å². The summed E-state index contributed by atoms with van der Waals surface area (Å²) in [6.45, 7) is 1.59. The molecular weight excluding hydrogens is 665 g/mol. The first-order chi connectivity index (χ1) is 23.1. The molecule has 6 rings (SSSR count). The minimum absolute atomic E-state index is 0.0102. The van der Waals surface area contributed by atoms with Gasteiger partial charge in [-0.05, 0) is 43.3 Å². The first-order valence-electron chi connectivity index (χ1n) is 13.9. The average Bonchev–Trinajstić information content (AvgIpc) is 3.50. The molecular formula is C31H20N6O9S2. The largest absolute Gasteiger partial charge is 0.462 e. The van der Waals surface area contributed by atoms with Gasteiger partial charge in [-0.25, -0.2) is 9.78 Å². The van der Waals surface area contributed by atoms with Crippen molar-refractivity contribution >= 4 is 74.2 Å². The number of rotatable bonds is 9. The molecule has 240 valence electrons. The number of nitrogens with zero attached hydrogens (tertiary/aromatic N) is 5. The number of aromatic nitrogens is 1. The van der Waals surface area contributed by atoms with Crippen LogP contribution in [0.2, 0.25) is 0 Å². The van der Waals surface area contributed by atoms with Crippen LogP contribution in [0.5, 0.6) is 0 Å². The normalized spacial score (nSPS) is 11.6. The fourth-order valence-corrected chi connectivity index (χ4v) is 6.90. The molecule has 0 spiro atoms. The summed E-state index contributed by atoms with van der Waals surface area (Å²) in [5, 5.41) is 38.4. The summed E-state index contributed by atoms with van der Waals surface area (Å²) in [6, 6.07) is 21.2. The molecule has 4 aromatic carbocycles. The molecule has 1 aliphatic rings. The Bertz CT molecular complexity index is 2070. The Kier molecular flexibility index (Phi) is 8.53. The number of non-ortho nitro benzene ring substituents is 1. The van der Waals surface area contributed by atoms with Crippen molar-refractivity contribution in [3.63, 3.8) is 0 Å². The first kappa shape index (κ1) is 31.8. The van der Waals surface area contributed by atoms with Crippen molar-refractivity contribution in [3.05, 3.63) is 126 Å². The van der Waals surface area contributed by atoms with Gasteiger partial charge >= 0.3 is 17.3 Å². The maximum atomic E-state index is 14.1. The van der Waals surface area contributed by atoms with Crippen molar-refractivity contribution in [3.8, 4) is 11.3 Å². The highest BCUT2D eigenvalue weighted by atomic mass is 32.2. The Morgan fingerprint density at radius 3 is 1.92 bits per heavy atom. The lowest BCUT2D eigenvalue weighted by Crippen LogP contribution is -2.28. The summed E-state index contributed by atoms with van der Waals surface area (Å²) >= 11 is 2.15. The highest BCUT2D eigenvalue weighted by molar-refractivity contribution is 7.99. The second kappa shape index (κ2) is 12.9. The van der Waals surface area contributed by atoms with Crippen LogP contribution in [0.3, 0.4) is 0 Å². The van der Waals surface area contributed by atoms with E-state index in [9.17, 15) is 39.9 Å². The van der Waals surface area contributed by atoms with E-state index in [1.807, 2.05) is 12.1 Å². The predicted molar refractivity (Wildman–Crippen MR) is 177 cm³/mol. The number of para-hydroxylation sites is 2. The number of nitro benzene ring substituents is 3. The average molecular weight is 685 g/mol. The molecule has 0 saturated carbocycles. The molecule has 48 heavy (non-hydrogen) atoms. The zero-order chi connectivity index (χ0) is 34.1. The van der Waals surface area contributed by atoms with Gasteiger partial charge in [-0.3, -0.25) is 40.0 Å². The molecule has 0 atom stereocenters. The van der Waals surface area contributed by atoms with Crippen LogP contribution in [0.4, 0.5) is 39.3 Å². The van der Waals surface area contributed by atoms with Gasteiger partial charge in [-0.2, -0.15) is 0 Å². The maximum absolute atomic E-state index is 14.1. The van der Waals surface area contributed by atoms with Crippen LogP contribution < -0.4 is 10.2 Å². The molecule has 1 amide bonds. The predicted octanol–water partition coefficient (Wildman–Crippen LogP) is 7.90. The number of carbonyl (C=O) groups is 2. The highest BCUT2D eigenvalue weighted by Gasteiger charge is 2.34. The van der Waals surface area contributed by atoms with Gasteiger partial charge in [0.1, 0.15) is 4.88 Å². The van der Waals surface area contributed by atoms with Gasteiger partial charge in [-0.15, -0.1) is 0 Å². The zero-order valence-electron chi connectivity index (χ0n) is 24.5. The van der Waals surface area contributed by atoms with Gasteiger partial charge in [0.2, 0.25) is 0 Å². The topological polar surface area (TPSA) is 201 Å². The number of fused-ring (bicyclic) bond motifs is 2. The molecule has 1 aliphatic heterocycles. The monoisotopic (exact) mass is 684 g/mol. The number of esters is 1. The first-order valence-corrected chi connectivity index (χ1v) is 15.6. The van der Waals surface area contributed by atoms with E-state index in [0.717, 1.165) is 21.9 Å². The Morgan fingerprint density at radius 1 is 0.833 bits per heavy atom. The van der Waals surface area contributed by atoms with E-state index in [1.54, 1.807) is 43.3 Å². The molecule has 15 nitrogen and oxygen atoms in total.